The van der Waals surface area contributed by atoms with Gasteiger partial charge in [0.2, 0.25) is 0 Å². The SMILES string of the molecule is CCOC(CC)=Nc1cc(Cl)cc(Cl)c1. The van der Waals surface area contributed by atoms with E-state index in [1.165, 1.54) is 0 Å². The predicted octanol–water partition coefficient (Wildman–Crippen LogP) is 4.47. The largest absolute Gasteiger partial charge is 0.481 e. The molecule has 0 bridgehead atoms. The topological polar surface area (TPSA) is 21.6 Å². The minimum atomic E-state index is 0.577. The normalized spacial score (nSPS) is 11.6. The molecule has 0 radical (unpaired) electrons. The van der Waals surface area contributed by atoms with Crippen molar-refractivity contribution in [1.29, 1.82) is 0 Å². The number of hydrogen-bond acceptors (Lipinski definition) is 2. The van der Waals surface area contributed by atoms with Crippen molar-refractivity contribution in [1.82, 2.24) is 0 Å². The van der Waals surface area contributed by atoms with Crippen LogP contribution in [0.1, 0.15) is 20.3 Å². The fourth-order valence-electron chi connectivity index (χ4n) is 1.13. The summed E-state index contributed by atoms with van der Waals surface area (Å²) in [6.07, 6.45) is 0.748. The summed E-state index contributed by atoms with van der Waals surface area (Å²) in [5, 5.41) is 1.15. The molecule has 0 heterocycles. The van der Waals surface area contributed by atoms with E-state index in [4.69, 9.17) is 27.9 Å². The smallest absolute Gasteiger partial charge is 0.188 e. The van der Waals surface area contributed by atoms with Gasteiger partial charge in [0.1, 0.15) is 0 Å². The summed E-state index contributed by atoms with van der Waals surface area (Å²) in [5.74, 6) is 0.691. The fraction of sp³-hybridized carbons (Fsp3) is 0.364. The molecule has 0 atom stereocenters. The van der Waals surface area contributed by atoms with Crippen molar-refractivity contribution in [2.45, 2.75) is 20.3 Å². The molecule has 0 saturated heterocycles. The average molecular weight is 246 g/mol. The zero-order valence-corrected chi connectivity index (χ0v) is 10.3. The van der Waals surface area contributed by atoms with Crippen LogP contribution in [0.25, 0.3) is 0 Å². The Kier molecular flexibility index (Phi) is 4.92. The Morgan fingerprint density at radius 1 is 1.20 bits per heavy atom. The predicted molar refractivity (Wildman–Crippen MR) is 65.5 cm³/mol. The van der Waals surface area contributed by atoms with Crippen molar-refractivity contribution < 1.29 is 4.74 Å². The quantitative estimate of drug-likeness (QED) is 0.569. The van der Waals surface area contributed by atoms with E-state index in [1.54, 1.807) is 18.2 Å². The van der Waals surface area contributed by atoms with Crippen LogP contribution in [0.2, 0.25) is 10.0 Å². The molecule has 0 aliphatic heterocycles. The summed E-state index contributed by atoms with van der Waals surface area (Å²) >= 11 is 11.7. The van der Waals surface area contributed by atoms with E-state index < -0.39 is 0 Å². The third kappa shape index (κ3) is 4.10. The van der Waals surface area contributed by atoms with Gasteiger partial charge in [0.05, 0.1) is 12.3 Å². The molecule has 0 aliphatic carbocycles. The maximum absolute atomic E-state index is 5.86. The minimum absolute atomic E-state index is 0.577. The van der Waals surface area contributed by atoms with Crippen LogP contribution in [-0.4, -0.2) is 12.5 Å². The molecule has 1 aromatic carbocycles. The van der Waals surface area contributed by atoms with Gasteiger partial charge in [-0.25, -0.2) is 4.99 Å². The molecule has 0 saturated carbocycles. The molecule has 1 rings (SSSR count). The number of halogens is 2. The maximum atomic E-state index is 5.86. The Hall–Kier alpha value is -0.730. The molecule has 0 unspecified atom stereocenters. The highest BCUT2D eigenvalue weighted by molar-refractivity contribution is 6.35. The Balaban J connectivity index is 2.94. The first-order valence-corrected chi connectivity index (χ1v) is 5.57. The summed E-state index contributed by atoms with van der Waals surface area (Å²) in [7, 11) is 0. The molecular weight excluding hydrogens is 233 g/mol. The van der Waals surface area contributed by atoms with Crippen molar-refractivity contribution in [3.8, 4) is 0 Å². The summed E-state index contributed by atoms with van der Waals surface area (Å²) in [6, 6.07) is 5.18. The first-order chi connectivity index (χ1) is 7.15. The van der Waals surface area contributed by atoms with E-state index in [0.29, 0.717) is 22.5 Å². The molecule has 4 heteroatoms. The number of ether oxygens (including phenoxy) is 1. The van der Waals surface area contributed by atoms with Crippen molar-refractivity contribution in [2.24, 2.45) is 4.99 Å². The van der Waals surface area contributed by atoms with Gasteiger partial charge in [-0.05, 0) is 25.1 Å². The van der Waals surface area contributed by atoms with Gasteiger partial charge in [-0.2, -0.15) is 0 Å². The average Bonchev–Trinajstić information content (AvgIpc) is 2.15. The molecule has 15 heavy (non-hydrogen) atoms. The third-order valence-corrected chi connectivity index (χ3v) is 2.15. The Bertz CT molecular complexity index is 343. The van der Waals surface area contributed by atoms with Gasteiger partial charge in [0.15, 0.2) is 5.90 Å². The van der Waals surface area contributed by atoms with Crippen LogP contribution < -0.4 is 0 Å². The lowest BCUT2D eigenvalue weighted by atomic mass is 10.3. The van der Waals surface area contributed by atoms with Gasteiger partial charge in [-0.3, -0.25) is 0 Å². The molecule has 0 aliphatic rings. The van der Waals surface area contributed by atoms with Crippen LogP contribution in [0.4, 0.5) is 5.69 Å². The Morgan fingerprint density at radius 2 is 1.80 bits per heavy atom. The number of rotatable bonds is 3. The first kappa shape index (κ1) is 12.3. The van der Waals surface area contributed by atoms with Crippen LogP contribution in [-0.2, 0) is 4.74 Å². The van der Waals surface area contributed by atoms with Crippen LogP contribution >= 0.6 is 23.2 Å². The standard InChI is InChI=1S/C11H13Cl2NO/c1-3-11(15-4-2)14-10-6-8(12)5-9(13)7-10/h5-7H,3-4H2,1-2H3. The van der Waals surface area contributed by atoms with Gasteiger partial charge in [0.25, 0.3) is 0 Å². The number of hydrogen-bond donors (Lipinski definition) is 0. The second kappa shape index (κ2) is 5.99. The summed E-state index contributed by atoms with van der Waals surface area (Å²) in [5.41, 5.74) is 0.720. The molecule has 0 spiro atoms. The maximum Gasteiger partial charge on any atom is 0.188 e. The highest BCUT2D eigenvalue weighted by Gasteiger charge is 2.00. The Morgan fingerprint density at radius 3 is 2.27 bits per heavy atom. The molecule has 2 nitrogen and oxygen atoms in total. The van der Waals surface area contributed by atoms with Crippen LogP contribution in [0.3, 0.4) is 0 Å². The highest BCUT2D eigenvalue weighted by Crippen LogP contribution is 2.24. The van der Waals surface area contributed by atoms with E-state index in [2.05, 4.69) is 4.99 Å². The number of benzene rings is 1. The van der Waals surface area contributed by atoms with Crippen molar-refractivity contribution in [3.05, 3.63) is 28.2 Å². The van der Waals surface area contributed by atoms with Crippen molar-refractivity contribution >= 4 is 34.8 Å². The summed E-state index contributed by atoms with van der Waals surface area (Å²) in [4.78, 5) is 4.31. The van der Waals surface area contributed by atoms with Gasteiger partial charge >= 0.3 is 0 Å². The summed E-state index contributed by atoms with van der Waals surface area (Å²) in [6.45, 7) is 4.53. The highest BCUT2D eigenvalue weighted by atomic mass is 35.5. The van der Waals surface area contributed by atoms with E-state index in [1.807, 2.05) is 13.8 Å². The molecule has 0 fully saturated rings. The number of nitrogens with zero attached hydrogens (tertiary/aromatic N) is 1. The molecule has 0 N–H and O–H groups in total. The van der Waals surface area contributed by atoms with Gasteiger partial charge in [-0.15, -0.1) is 0 Å². The number of aliphatic imine (C=N–C) groups is 1. The second-order valence-electron chi connectivity index (χ2n) is 2.92. The fourth-order valence-corrected chi connectivity index (χ4v) is 1.64. The van der Waals surface area contributed by atoms with Crippen molar-refractivity contribution in [3.63, 3.8) is 0 Å². The molecule has 0 aromatic heterocycles. The van der Waals surface area contributed by atoms with E-state index in [-0.39, 0.29) is 0 Å². The van der Waals surface area contributed by atoms with Crippen molar-refractivity contribution in [2.75, 3.05) is 6.61 Å². The van der Waals surface area contributed by atoms with E-state index in [9.17, 15) is 0 Å². The third-order valence-electron chi connectivity index (χ3n) is 1.71. The molecule has 82 valence electrons. The van der Waals surface area contributed by atoms with Gasteiger partial charge < -0.3 is 4.74 Å². The molecule has 0 amide bonds. The lowest BCUT2D eigenvalue weighted by molar-refractivity contribution is 0.319. The zero-order chi connectivity index (χ0) is 11.3. The zero-order valence-electron chi connectivity index (χ0n) is 8.76. The van der Waals surface area contributed by atoms with E-state index >= 15 is 0 Å². The molecule has 1 aromatic rings. The van der Waals surface area contributed by atoms with Gasteiger partial charge in [-0.1, -0.05) is 30.1 Å². The molecular formula is C11H13Cl2NO. The van der Waals surface area contributed by atoms with Crippen LogP contribution in [0, 0.1) is 0 Å². The minimum Gasteiger partial charge on any atom is -0.481 e. The van der Waals surface area contributed by atoms with Gasteiger partial charge in [0, 0.05) is 16.5 Å². The van der Waals surface area contributed by atoms with Crippen LogP contribution in [0.5, 0.6) is 0 Å². The first-order valence-electron chi connectivity index (χ1n) is 4.82. The van der Waals surface area contributed by atoms with Crippen LogP contribution in [0.15, 0.2) is 23.2 Å². The second-order valence-corrected chi connectivity index (χ2v) is 3.79. The lowest BCUT2D eigenvalue weighted by Gasteiger charge is -2.04. The van der Waals surface area contributed by atoms with E-state index in [0.717, 1.165) is 12.1 Å². The lowest BCUT2D eigenvalue weighted by Crippen LogP contribution is -2.01. The monoisotopic (exact) mass is 245 g/mol. The summed E-state index contributed by atoms with van der Waals surface area (Å²) < 4.78 is 5.34. The Labute approximate surface area is 99.9 Å².